The number of rotatable bonds is 2. The Balaban J connectivity index is 1.81. The molecule has 19 heavy (non-hydrogen) atoms. The van der Waals surface area contributed by atoms with Gasteiger partial charge in [-0.1, -0.05) is 12.2 Å². The standard InChI is InChI=1S/C15H26N2O2/c1-15(2,3)19-14(18)17-10-6-9-13(11-17)16-12-7-4-5-8-12/h4-5,12-13,16H,6-11H2,1-3H3. The Morgan fingerprint density at radius 3 is 2.58 bits per heavy atom. The molecule has 1 unspecified atom stereocenters. The molecule has 1 fully saturated rings. The van der Waals surface area contributed by atoms with E-state index in [-0.39, 0.29) is 6.09 Å². The summed E-state index contributed by atoms with van der Waals surface area (Å²) in [7, 11) is 0. The largest absolute Gasteiger partial charge is 0.444 e. The molecule has 1 heterocycles. The lowest BCUT2D eigenvalue weighted by Gasteiger charge is -2.35. The third kappa shape index (κ3) is 4.53. The zero-order valence-electron chi connectivity index (χ0n) is 12.3. The van der Waals surface area contributed by atoms with Crippen LogP contribution < -0.4 is 5.32 Å². The van der Waals surface area contributed by atoms with Crippen molar-refractivity contribution >= 4 is 6.09 Å². The molecule has 2 aliphatic rings. The van der Waals surface area contributed by atoms with Crippen molar-refractivity contribution in [1.82, 2.24) is 10.2 Å². The first kappa shape index (κ1) is 14.4. The second-order valence-electron chi connectivity index (χ2n) is 6.57. The minimum Gasteiger partial charge on any atom is -0.444 e. The zero-order valence-corrected chi connectivity index (χ0v) is 12.3. The van der Waals surface area contributed by atoms with Crippen LogP contribution in [0.2, 0.25) is 0 Å². The quantitative estimate of drug-likeness (QED) is 0.781. The van der Waals surface area contributed by atoms with E-state index in [1.165, 1.54) is 0 Å². The molecule has 2 rings (SSSR count). The van der Waals surface area contributed by atoms with Gasteiger partial charge < -0.3 is 15.0 Å². The average molecular weight is 266 g/mol. The van der Waals surface area contributed by atoms with Crippen molar-refractivity contribution in [3.05, 3.63) is 12.2 Å². The van der Waals surface area contributed by atoms with Crippen molar-refractivity contribution in [2.75, 3.05) is 13.1 Å². The number of carbonyl (C=O) groups is 1. The van der Waals surface area contributed by atoms with Gasteiger partial charge >= 0.3 is 6.09 Å². The maximum absolute atomic E-state index is 12.1. The molecule has 1 N–H and O–H groups in total. The van der Waals surface area contributed by atoms with Crippen LogP contribution in [-0.2, 0) is 4.74 Å². The molecule has 0 aromatic carbocycles. The van der Waals surface area contributed by atoms with E-state index in [9.17, 15) is 4.79 Å². The maximum Gasteiger partial charge on any atom is 0.410 e. The molecule has 0 aromatic rings. The lowest BCUT2D eigenvalue weighted by molar-refractivity contribution is 0.0183. The summed E-state index contributed by atoms with van der Waals surface area (Å²) < 4.78 is 5.44. The molecule has 0 aromatic heterocycles. The molecule has 0 spiro atoms. The van der Waals surface area contributed by atoms with Crippen molar-refractivity contribution in [1.29, 1.82) is 0 Å². The van der Waals surface area contributed by atoms with Crippen molar-refractivity contribution in [3.8, 4) is 0 Å². The smallest absolute Gasteiger partial charge is 0.410 e. The van der Waals surface area contributed by atoms with Crippen molar-refractivity contribution in [3.63, 3.8) is 0 Å². The van der Waals surface area contributed by atoms with Crippen LogP contribution in [0.1, 0.15) is 46.5 Å². The van der Waals surface area contributed by atoms with Gasteiger partial charge in [0.15, 0.2) is 0 Å². The normalized spacial score (nSPS) is 24.8. The van der Waals surface area contributed by atoms with Crippen LogP contribution >= 0.6 is 0 Å². The molecular formula is C15H26N2O2. The molecule has 4 nitrogen and oxygen atoms in total. The fourth-order valence-electron chi connectivity index (χ4n) is 2.69. The third-order valence-corrected chi connectivity index (χ3v) is 3.55. The van der Waals surface area contributed by atoms with E-state index in [4.69, 9.17) is 4.74 Å². The summed E-state index contributed by atoms with van der Waals surface area (Å²) in [5, 5.41) is 3.65. The second kappa shape index (κ2) is 5.95. The van der Waals surface area contributed by atoms with Crippen LogP contribution in [0.25, 0.3) is 0 Å². The highest BCUT2D eigenvalue weighted by Gasteiger charge is 2.28. The van der Waals surface area contributed by atoms with Crippen molar-refractivity contribution in [2.45, 2.75) is 64.1 Å². The summed E-state index contributed by atoms with van der Waals surface area (Å²) in [5.74, 6) is 0. The summed E-state index contributed by atoms with van der Waals surface area (Å²) in [4.78, 5) is 13.9. The van der Waals surface area contributed by atoms with Gasteiger partial charge in [0, 0.05) is 25.2 Å². The van der Waals surface area contributed by atoms with Gasteiger partial charge in [0.2, 0.25) is 0 Å². The Bertz CT molecular complexity index is 339. The fourth-order valence-corrected chi connectivity index (χ4v) is 2.69. The fraction of sp³-hybridized carbons (Fsp3) is 0.800. The summed E-state index contributed by atoms with van der Waals surface area (Å²) in [6.07, 6.45) is 8.71. The van der Waals surface area contributed by atoms with E-state index >= 15 is 0 Å². The van der Waals surface area contributed by atoms with Crippen LogP contribution in [0.3, 0.4) is 0 Å². The lowest BCUT2D eigenvalue weighted by Crippen LogP contribution is -2.51. The minimum atomic E-state index is -0.410. The molecular weight excluding hydrogens is 240 g/mol. The van der Waals surface area contributed by atoms with E-state index in [2.05, 4.69) is 17.5 Å². The zero-order chi connectivity index (χ0) is 13.9. The molecule has 1 atom stereocenters. The molecule has 108 valence electrons. The van der Waals surface area contributed by atoms with E-state index in [1.54, 1.807) is 0 Å². The van der Waals surface area contributed by atoms with E-state index < -0.39 is 5.60 Å². The SMILES string of the molecule is CC(C)(C)OC(=O)N1CCCC(NC2CC=CC2)C1. The Hall–Kier alpha value is -1.03. The number of hydrogen-bond acceptors (Lipinski definition) is 3. The molecule has 1 aliphatic heterocycles. The molecule has 0 bridgehead atoms. The second-order valence-corrected chi connectivity index (χ2v) is 6.57. The minimum absolute atomic E-state index is 0.177. The summed E-state index contributed by atoms with van der Waals surface area (Å²) >= 11 is 0. The predicted octanol–water partition coefficient (Wildman–Crippen LogP) is 2.69. The number of amides is 1. The predicted molar refractivity (Wildman–Crippen MR) is 76.1 cm³/mol. The van der Waals surface area contributed by atoms with E-state index in [0.29, 0.717) is 12.1 Å². The number of hydrogen-bond donors (Lipinski definition) is 1. The van der Waals surface area contributed by atoms with Gasteiger partial charge in [-0.25, -0.2) is 4.79 Å². The lowest BCUT2D eigenvalue weighted by atomic mass is 10.0. The number of ether oxygens (including phenoxy) is 1. The highest BCUT2D eigenvalue weighted by molar-refractivity contribution is 5.68. The first-order valence-corrected chi connectivity index (χ1v) is 7.33. The van der Waals surface area contributed by atoms with Gasteiger partial charge in [-0.15, -0.1) is 0 Å². The number of nitrogens with zero attached hydrogens (tertiary/aromatic N) is 1. The van der Waals surface area contributed by atoms with Gasteiger partial charge in [0.05, 0.1) is 0 Å². The number of likely N-dealkylation sites (tertiary alicyclic amines) is 1. The maximum atomic E-state index is 12.1. The first-order valence-electron chi connectivity index (χ1n) is 7.33. The van der Waals surface area contributed by atoms with Crippen LogP contribution in [0.15, 0.2) is 12.2 Å². The molecule has 0 radical (unpaired) electrons. The summed E-state index contributed by atoms with van der Waals surface area (Å²) in [5.41, 5.74) is -0.410. The van der Waals surface area contributed by atoms with Crippen molar-refractivity contribution in [2.24, 2.45) is 0 Å². The highest BCUT2D eigenvalue weighted by atomic mass is 16.6. The van der Waals surface area contributed by atoms with Crippen LogP contribution in [0.4, 0.5) is 4.79 Å². The van der Waals surface area contributed by atoms with Crippen molar-refractivity contribution < 1.29 is 9.53 Å². The van der Waals surface area contributed by atoms with Gasteiger partial charge in [-0.2, -0.15) is 0 Å². The van der Waals surface area contributed by atoms with Gasteiger partial charge in [-0.05, 0) is 46.5 Å². The van der Waals surface area contributed by atoms with Crippen LogP contribution in [0, 0.1) is 0 Å². The molecule has 1 aliphatic carbocycles. The van der Waals surface area contributed by atoms with E-state index in [1.807, 2.05) is 25.7 Å². The van der Waals surface area contributed by atoms with Gasteiger partial charge in [-0.3, -0.25) is 0 Å². The Morgan fingerprint density at radius 1 is 1.26 bits per heavy atom. The average Bonchev–Trinajstić information content (AvgIpc) is 2.80. The number of carbonyl (C=O) groups excluding carboxylic acids is 1. The third-order valence-electron chi connectivity index (χ3n) is 3.55. The topological polar surface area (TPSA) is 41.6 Å². The number of piperidine rings is 1. The van der Waals surface area contributed by atoms with Gasteiger partial charge in [0.25, 0.3) is 0 Å². The monoisotopic (exact) mass is 266 g/mol. The Kier molecular flexibility index (Phi) is 4.50. The Labute approximate surface area is 116 Å². The highest BCUT2D eigenvalue weighted by Crippen LogP contribution is 2.17. The molecule has 1 saturated heterocycles. The van der Waals surface area contributed by atoms with E-state index in [0.717, 1.165) is 38.8 Å². The molecule has 0 saturated carbocycles. The Morgan fingerprint density at radius 2 is 1.95 bits per heavy atom. The molecule has 4 heteroatoms. The number of nitrogens with one attached hydrogen (secondary N) is 1. The van der Waals surface area contributed by atoms with Gasteiger partial charge in [0.1, 0.15) is 5.60 Å². The van der Waals surface area contributed by atoms with Crippen LogP contribution in [-0.4, -0.2) is 41.8 Å². The molecule has 1 amide bonds. The summed E-state index contributed by atoms with van der Waals surface area (Å²) in [6.45, 7) is 7.32. The summed E-state index contributed by atoms with van der Waals surface area (Å²) in [6, 6.07) is 0.967. The first-order chi connectivity index (χ1) is 8.94. The van der Waals surface area contributed by atoms with Crippen LogP contribution in [0.5, 0.6) is 0 Å².